The molecule has 1 fully saturated rings. The summed E-state index contributed by atoms with van der Waals surface area (Å²) in [5.74, 6) is 0. The summed E-state index contributed by atoms with van der Waals surface area (Å²) in [6, 6.07) is 7.37. The monoisotopic (exact) mass is 306 g/mol. The molecule has 0 unspecified atom stereocenters. The van der Waals surface area contributed by atoms with Crippen LogP contribution in [0.25, 0.3) is 10.2 Å². The van der Waals surface area contributed by atoms with Gasteiger partial charge < -0.3 is 0 Å². The normalized spacial score (nSPS) is 16.9. The Morgan fingerprint density at radius 1 is 1.30 bits per heavy atom. The summed E-state index contributed by atoms with van der Waals surface area (Å²) in [7, 11) is 0. The Bertz CT molecular complexity index is 559. The molecule has 1 aromatic heterocycles. The average Bonchev–Trinajstić information content (AvgIpc) is 2.89. The molecule has 4 heteroatoms. The lowest BCUT2D eigenvalue weighted by Gasteiger charge is -2.21. The van der Waals surface area contributed by atoms with Crippen LogP contribution >= 0.6 is 23.3 Å². The molecule has 0 atom stereocenters. The first-order valence-electron chi connectivity index (χ1n) is 7.67. The summed E-state index contributed by atoms with van der Waals surface area (Å²) in [4.78, 5) is 4.72. The van der Waals surface area contributed by atoms with Crippen LogP contribution in [-0.2, 0) is 6.42 Å². The third-order valence-electron chi connectivity index (χ3n) is 3.89. The summed E-state index contributed by atoms with van der Waals surface area (Å²) in [6.45, 7) is 2.23. The Morgan fingerprint density at radius 2 is 2.15 bits per heavy atom. The Hall–Kier alpha value is -0.580. The number of nitrogens with one attached hydrogen (secondary N) is 1. The highest BCUT2D eigenvalue weighted by atomic mass is 32.2. The van der Waals surface area contributed by atoms with E-state index in [-0.39, 0.29) is 0 Å². The molecule has 3 rings (SSSR count). The van der Waals surface area contributed by atoms with Gasteiger partial charge in [0.05, 0.1) is 10.2 Å². The van der Waals surface area contributed by atoms with Gasteiger partial charge in [-0.1, -0.05) is 38.7 Å². The van der Waals surface area contributed by atoms with E-state index in [2.05, 4.69) is 29.8 Å². The first kappa shape index (κ1) is 14.4. The molecule has 0 radical (unpaired) electrons. The van der Waals surface area contributed by atoms with Gasteiger partial charge in [-0.3, -0.25) is 4.72 Å². The van der Waals surface area contributed by atoms with Crippen LogP contribution in [0.5, 0.6) is 0 Å². The fraction of sp³-hybridized carbons (Fsp3) is 0.562. The lowest BCUT2D eigenvalue weighted by molar-refractivity contribution is 0.423. The van der Waals surface area contributed by atoms with Crippen LogP contribution in [0.4, 0.5) is 0 Å². The largest absolute Gasteiger partial charge is 0.255 e. The van der Waals surface area contributed by atoms with Crippen LogP contribution in [0.3, 0.4) is 0 Å². The highest BCUT2D eigenvalue weighted by Crippen LogP contribution is 2.30. The summed E-state index contributed by atoms with van der Waals surface area (Å²) in [5.41, 5.74) is 2.57. The molecule has 20 heavy (non-hydrogen) atoms. The maximum absolute atomic E-state index is 4.72. The van der Waals surface area contributed by atoms with Crippen molar-refractivity contribution in [3.05, 3.63) is 23.8 Å². The summed E-state index contributed by atoms with van der Waals surface area (Å²) in [6.07, 6.45) is 9.16. The number of aryl methyl sites for hydroxylation is 1. The van der Waals surface area contributed by atoms with Gasteiger partial charge in [-0.25, -0.2) is 4.98 Å². The standard InChI is InChI=1S/C16H22N2S2/c1-2-6-12-9-10-14-15(11-12)19-16(17-14)20-18-13-7-4-3-5-8-13/h9-11,13,18H,2-8H2,1H3. The van der Waals surface area contributed by atoms with Gasteiger partial charge in [0.1, 0.15) is 0 Å². The van der Waals surface area contributed by atoms with E-state index >= 15 is 0 Å². The number of rotatable bonds is 5. The molecule has 0 saturated heterocycles. The van der Waals surface area contributed by atoms with Gasteiger partial charge in [0.25, 0.3) is 0 Å². The third-order valence-corrected chi connectivity index (χ3v) is 5.92. The highest BCUT2D eigenvalue weighted by Gasteiger charge is 2.14. The molecule has 1 heterocycles. The third kappa shape index (κ3) is 3.54. The minimum Gasteiger partial charge on any atom is -0.255 e. The fourth-order valence-electron chi connectivity index (χ4n) is 2.79. The molecule has 2 aromatic rings. The van der Waals surface area contributed by atoms with Gasteiger partial charge in [0, 0.05) is 6.04 Å². The summed E-state index contributed by atoms with van der Waals surface area (Å²) in [5, 5.41) is 0. The van der Waals surface area contributed by atoms with E-state index in [9.17, 15) is 0 Å². The number of aromatic nitrogens is 1. The average molecular weight is 306 g/mol. The fourth-order valence-corrected chi connectivity index (χ4v) is 4.78. The van der Waals surface area contributed by atoms with Crippen molar-refractivity contribution in [3.8, 4) is 0 Å². The Kier molecular flexibility index (Phi) is 4.97. The van der Waals surface area contributed by atoms with Crippen LogP contribution in [0.15, 0.2) is 22.5 Å². The maximum Gasteiger partial charge on any atom is 0.166 e. The SMILES string of the molecule is CCCc1ccc2nc(SNC3CCCCC3)sc2c1. The van der Waals surface area contributed by atoms with Crippen LogP contribution in [-0.4, -0.2) is 11.0 Å². The first-order chi connectivity index (χ1) is 9.85. The quantitative estimate of drug-likeness (QED) is 0.771. The highest BCUT2D eigenvalue weighted by molar-refractivity contribution is 7.99. The van der Waals surface area contributed by atoms with Crippen molar-refractivity contribution in [3.63, 3.8) is 0 Å². The number of thiazole rings is 1. The van der Waals surface area contributed by atoms with Gasteiger partial charge in [-0.2, -0.15) is 0 Å². The van der Waals surface area contributed by atoms with Crippen LogP contribution in [0, 0.1) is 0 Å². The number of hydrogen-bond donors (Lipinski definition) is 1. The molecule has 0 spiro atoms. The Balaban J connectivity index is 1.65. The lowest BCUT2D eigenvalue weighted by Crippen LogP contribution is -2.25. The van der Waals surface area contributed by atoms with Crippen molar-refractivity contribution in [2.75, 3.05) is 0 Å². The molecule has 1 N–H and O–H groups in total. The predicted molar refractivity (Wildman–Crippen MR) is 89.5 cm³/mol. The van der Waals surface area contributed by atoms with Crippen molar-refractivity contribution in [1.29, 1.82) is 0 Å². The van der Waals surface area contributed by atoms with Gasteiger partial charge in [-0.05, 0) is 48.9 Å². The molecule has 1 saturated carbocycles. The second kappa shape index (κ2) is 6.92. The van der Waals surface area contributed by atoms with Crippen LogP contribution in [0.2, 0.25) is 0 Å². The molecule has 108 valence electrons. The van der Waals surface area contributed by atoms with E-state index < -0.39 is 0 Å². The van der Waals surface area contributed by atoms with Crippen molar-refractivity contribution < 1.29 is 0 Å². The zero-order valence-corrected chi connectivity index (χ0v) is 13.7. The lowest BCUT2D eigenvalue weighted by atomic mass is 9.96. The Morgan fingerprint density at radius 3 is 2.95 bits per heavy atom. The first-order valence-corrected chi connectivity index (χ1v) is 9.30. The van der Waals surface area contributed by atoms with Crippen molar-refractivity contribution in [2.45, 2.75) is 62.3 Å². The Labute approximate surface area is 129 Å². The number of benzene rings is 1. The number of fused-ring (bicyclic) bond motifs is 1. The van der Waals surface area contributed by atoms with Crippen molar-refractivity contribution in [1.82, 2.24) is 9.71 Å². The predicted octanol–water partition coefficient (Wildman–Crippen LogP) is 5.18. The zero-order valence-electron chi connectivity index (χ0n) is 12.0. The van der Waals surface area contributed by atoms with Gasteiger partial charge in [-0.15, -0.1) is 11.3 Å². The van der Waals surface area contributed by atoms with Gasteiger partial charge in [0.2, 0.25) is 0 Å². The molecule has 0 bridgehead atoms. The van der Waals surface area contributed by atoms with E-state index in [1.54, 1.807) is 11.9 Å². The molecule has 1 aliphatic carbocycles. The maximum atomic E-state index is 4.72. The second-order valence-electron chi connectivity index (χ2n) is 5.59. The van der Waals surface area contributed by atoms with E-state index in [4.69, 9.17) is 4.98 Å². The molecule has 0 aliphatic heterocycles. The molecule has 2 nitrogen and oxygen atoms in total. The summed E-state index contributed by atoms with van der Waals surface area (Å²) >= 11 is 3.54. The van der Waals surface area contributed by atoms with E-state index in [0.717, 1.165) is 16.3 Å². The number of hydrogen-bond acceptors (Lipinski definition) is 4. The van der Waals surface area contributed by atoms with Crippen LogP contribution < -0.4 is 4.72 Å². The molecular formula is C16H22N2S2. The van der Waals surface area contributed by atoms with Gasteiger partial charge >= 0.3 is 0 Å². The van der Waals surface area contributed by atoms with Crippen LogP contribution in [0.1, 0.15) is 51.0 Å². The van der Waals surface area contributed by atoms with Gasteiger partial charge in [0.15, 0.2) is 4.34 Å². The topological polar surface area (TPSA) is 24.9 Å². The van der Waals surface area contributed by atoms with E-state index in [0.29, 0.717) is 6.04 Å². The summed E-state index contributed by atoms with van der Waals surface area (Å²) < 4.78 is 6.08. The minimum atomic E-state index is 0.677. The number of nitrogens with zero attached hydrogens (tertiary/aromatic N) is 1. The van der Waals surface area contributed by atoms with E-state index in [1.165, 1.54) is 48.8 Å². The smallest absolute Gasteiger partial charge is 0.166 e. The molecule has 1 aromatic carbocycles. The van der Waals surface area contributed by atoms with Crippen molar-refractivity contribution >= 4 is 33.5 Å². The minimum absolute atomic E-state index is 0.677. The molecule has 1 aliphatic rings. The second-order valence-corrected chi connectivity index (χ2v) is 7.70. The van der Waals surface area contributed by atoms with Crippen molar-refractivity contribution in [2.24, 2.45) is 0 Å². The zero-order chi connectivity index (χ0) is 13.8. The van der Waals surface area contributed by atoms with E-state index in [1.807, 2.05) is 11.3 Å². The molecular weight excluding hydrogens is 284 g/mol. The molecule has 0 amide bonds.